The van der Waals surface area contributed by atoms with Gasteiger partial charge in [-0.15, -0.1) is 0 Å². The minimum Gasteiger partial charge on any atom is -0.477 e. The Morgan fingerprint density at radius 1 is 1.50 bits per heavy atom. The van der Waals surface area contributed by atoms with Gasteiger partial charge in [0.05, 0.1) is 11.7 Å². The van der Waals surface area contributed by atoms with E-state index in [1.54, 1.807) is 0 Å². The van der Waals surface area contributed by atoms with Crippen molar-refractivity contribution < 1.29 is 23.1 Å². The van der Waals surface area contributed by atoms with Gasteiger partial charge in [-0.05, 0) is 19.4 Å². The summed E-state index contributed by atoms with van der Waals surface area (Å²) < 4.78 is 23.8. The Bertz CT molecular complexity index is 518. The second-order valence-corrected chi connectivity index (χ2v) is 6.42. The molecule has 16 heavy (non-hydrogen) atoms. The molecule has 0 radical (unpaired) electrons. The molecule has 0 aromatic carbocycles. The lowest BCUT2D eigenvalue weighted by Crippen LogP contribution is -2.61. The van der Waals surface area contributed by atoms with Gasteiger partial charge >= 0.3 is 5.97 Å². The molecular weight excluding hydrogens is 234 g/mol. The van der Waals surface area contributed by atoms with Gasteiger partial charge in [0.15, 0.2) is 9.84 Å². The topological polar surface area (TPSA) is 91.8 Å². The zero-order valence-corrected chi connectivity index (χ0v) is 9.61. The molecule has 1 saturated heterocycles. The number of carbonyl (C=O) groups excluding carboxylic acids is 1. The maximum absolute atomic E-state index is 11.9. The molecule has 88 valence electrons. The van der Waals surface area contributed by atoms with E-state index in [1.807, 2.05) is 0 Å². The molecule has 0 aliphatic carbocycles. The number of carboxylic acid groups (broad SMARTS) is 1. The molecule has 6 nitrogen and oxygen atoms in total. The lowest BCUT2D eigenvalue weighted by atomic mass is 10.1. The van der Waals surface area contributed by atoms with Crippen molar-refractivity contribution in [2.45, 2.75) is 30.9 Å². The third kappa shape index (κ3) is 1.14. The number of rotatable bonds is 1. The first-order valence-electron chi connectivity index (χ1n) is 4.77. The monoisotopic (exact) mass is 245 g/mol. The Morgan fingerprint density at radius 3 is 2.50 bits per heavy atom. The van der Waals surface area contributed by atoms with Crippen LogP contribution >= 0.6 is 0 Å². The van der Waals surface area contributed by atoms with Crippen LogP contribution in [-0.4, -0.2) is 40.9 Å². The summed E-state index contributed by atoms with van der Waals surface area (Å²) in [4.78, 5) is 23.2. The number of hydrogen-bond donors (Lipinski definition) is 1. The number of aliphatic carboxylic acids is 1. The first-order chi connectivity index (χ1) is 7.28. The Morgan fingerprint density at radius 2 is 2.06 bits per heavy atom. The van der Waals surface area contributed by atoms with Crippen molar-refractivity contribution in [3.8, 4) is 0 Å². The minimum atomic E-state index is -3.47. The molecule has 0 bridgehead atoms. The molecule has 2 atom stereocenters. The largest absolute Gasteiger partial charge is 0.477 e. The zero-order chi connectivity index (χ0) is 12.2. The smallest absolute Gasteiger partial charge is 0.352 e. The van der Waals surface area contributed by atoms with E-state index in [0.29, 0.717) is 0 Å². The van der Waals surface area contributed by atoms with E-state index >= 15 is 0 Å². The van der Waals surface area contributed by atoms with Gasteiger partial charge in [0.2, 0.25) is 5.91 Å². The highest BCUT2D eigenvalue weighted by Gasteiger charge is 2.54. The first kappa shape index (κ1) is 11.1. The third-order valence-electron chi connectivity index (χ3n) is 3.20. The van der Waals surface area contributed by atoms with Gasteiger partial charge in [0, 0.05) is 0 Å². The Kier molecular flexibility index (Phi) is 2.13. The van der Waals surface area contributed by atoms with E-state index in [4.69, 9.17) is 5.11 Å². The van der Waals surface area contributed by atoms with E-state index in [-0.39, 0.29) is 17.7 Å². The molecule has 1 N–H and O–H groups in total. The summed E-state index contributed by atoms with van der Waals surface area (Å²) in [6.45, 7) is 2.89. The molecule has 1 amide bonds. The summed E-state index contributed by atoms with van der Waals surface area (Å²) in [6.07, 6.45) is -0.114. The number of β-lactam (4-membered cyclic amide) rings is 1. The van der Waals surface area contributed by atoms with E-state index in [0.717, 1.165) is 4.90 Å². The van der Waals surface area contributed by atoms with Crippen molar-refractivity contribution in [3.63, 3.8) is 0 Å². The molecule has 0 aromatic rings. The van der Waals surface area contributed by atoms with Gasteiger partial charge in [-0.25, -0.2) is 13.2 Å². The van der Waals surface area contributed by atoms with Crippen LogP contribution in [0.5, 0.6) is 0 Å². The molecule has 2 rings (SSSR count). The molecule has 0 spiro atoms. The van der Waals surface area contributed by atoms with Crippen LogP contribution in [0.3, 0.4) is 0 Å². The molecule has 1 unspecified atom stereocenters. The van der Waals surface area contributed by atoms with Crippen molar-refractivity contribution in [1.82, 2.24) is 4.90 Å². The second kappa shape index (κ2) is 3.07. The molecule has 2 aliphatic rings. The van der Waals surface area contributed by atoms with Crippen LogP contribution in [0.4, 0.5) is 0 Å². The maximum Gasteiger partial charge on any atom is 0.352 e. The number of fused-ring (bicyclic) bond motifs is 1. The Labute approximate surface area is 92.5 Å². The van der Waals surface area contributed by atoms with E-state index in [2.05, 4.69) is 0 Å². The van der Waals surface area contributed by atoms with Gasteiger partial charge in [0.25, 0.3) is 0 Å². The number of nitrogens with zero attached hydrogens (tertiary/aromatic N) is 1. The van der Waals surface area contributed by atoms with E-state index in [9.17, 15) is 18.0 Å². The maximum atomic E-state index is 11.9. The fourth-order valence-corrected chi connectivity index (χ4v) is 4.02. The van der Waals surface area contributed by atoms with Crippen LogP contribution in [0.25, 0.3) is 0 Å². The van der Waals surface area contributed by atoms with Crippen LogP contribution in [0.2, 0.25) is 0 Å². The Balaban J connectivity index is 2.64. The van der Waals surface area contributed by atoms with Crippen LogP contribution in [-0.2, 0) is 19.4 Å². The normalized spacial score (nSPS) is 32.1. The van der Waals surface area contributed by atoms with Gasteiger partial charge in [-0.2, -0.15) is 0 Å². The average molecular weight is 245 g/mol. The Hall–Kier alpha value is -1.37. The van der Waals surface area contributed by atoms with E-state index in [1.165, 1.54) is 13.8 Å². The average Bonchev–Trinajstić information content (AvgIpc) is 2.17. The fourth-order valence-electron chi connectivity index (χ4n) is 2.06. The predicted octanol–water partition coefficient (Wildman–Crippen LogP) is -0.280. The van der Waals surface area contributed by atoms with Crippen LogP contribution in [0, 0.1) is 0 Å². The lowest BCUT2D eigenvalue weighted by Gasteiger charge is -2.45. The highest BCUT2D eigenvalue weighted by Crippen LogP contribution is 2.39. The lowest BCUT2D eigenvalue weighted by molar-refractivity contribution is -0.146. The molecule has 2 aliphatic heterocycles. The third-order valence-corrected chi connectivity index (χ3v) is 5.68. The summed E-state index contributed by atoms with van der Waals surface area (Å²) in [5, 5.41) is 7.17. The molecule has 0 saturated carbocycles. The van der Waals surface area contributed by atoms with Crippen molar-refractivity contribution >= 4 is 21.7 Å². The SMILES string of the molecule is CC1=C(C(=O)O)N2C(=O)C[C@H]2S(=O)(=O)C1C. The van der Waals surface area contributed by atoms with E-state index < -0.39 is 32.3 Å². The highest BCUT2D eigenvalue weighted by molar-refractivity contribution is 7.93. The number of amides is 1. The molecular formula is C9H11NO5S. The quantitative estimate of drug-likeness (QED) is 0.641. The highest BCUT2D eigenvalue weighted by atomic mass is 32.2. The fraction of sp³-hybridized carbons (Fsp3) is 0.556. The van der Waals surface area contributed by atoms with Gasteiger partial charge in [-0.1, -0.05) is 0 Å². The van der Waals surface area contributed by atoms with Crippen LogP contribution in [0.15, 0.2) is 11.3 Å². The van der Waals surface area contributed by atoms with Crippen molar-refractivity contribution in [2.24, 2.45) is 0 Å². The number of carboxylic acids is 1. The summed E-state index contributed by atoms with van der Waals surface area (Å²) in [6, 6.07) is 0. The summed E-state index contributed by atoms with van der Waals surface area (Å²) in [5.74, 6) is -1.70. The zero-order valence-electron chi connectivity index (χ0n) is 8.80. The molecule has 0 aromatic heterocycles. The predicted molar refractivity (Wildman–Crippen MR) is 54.0 cm³/mol. The van der Waals surface area contributed by atoms with Gasteiger partial charge in [0.1, 0.15) is 11.1 Å². The second-order valence-electron chi connectivity index (χ2n) is 3.99. The van der Waals surface area contributed by atoms with Crippen LogP contribution in [0.1, 0.15) is 20.3 Å². The summed E-state index contributed by atoms with van der Waals surface area (Å²) in [5.41, 5.74) is 0.0420. The number of hydrogen-bond acceptors (Lipinski definition) is 4. The van der Waals surface area contributed by atoms with Crippen molar-refractivity contribution in [1.29, 1.82) is 0 Å². The minimum absolute atomic E-state index is 0.114. The number of carbonyl (C=O) groups is 2. The molecule has 2 heterocycles. The van der Waals surface area contributed by atoms with Gasteiger partial charge in [-0.3, -0.25) is 9.69 Å². The first-order valence-corrected chi connectivity index (χ1v) is 6.38. The molecule has 7 heteroatoms. The molecule has 1 fully saturated rings. The van der Waals surface area contributed by atoms with Crippen LogP contribution < -0.4 is 0 Å². The van der Waals surface area contributed by atoms with Gasteiger partial charge < -0.3 is 5.11 Å². The van der Waals surface area contributed by atoms with Crippen molar-refractivity contribution in [2.75, 3.05) is 0 Å². The summed E-state index contributed by atoms with van der Waals surface area (Å²) >= 11 is 0. The summed E-state index contributed by atoms with van der Waals surface area (Å²) in [7, 11) is -3.47. The standard InChI is InChI=1S/C9H11NO5S/c1-4-5(2)16(14,15)7-3-6(11)10(7)8(4)9(12)13/h5,7H,3H2,1-2H3,(H,12,13)/t5?,7-/m1/s1. The number of sulfone groups is 1. The van der Waals surface area contributed by atoms with Crippen molar-refractivity contribution in [3.05, 3.63) is 11.3 Å².